The Hall–Kier alpha value is -3.29. The zero-order valence-electron chi connectivity index (χ0n) is 13.5. The van der Waals surface area contributed by atoms with E-state index in [4.69, 9.17) is 0 Å². The van der Waals surface area contributed by atoms with E-state index >= 15 is 0 Å². The second-order valence-corrected chi connectivity index (χ2v) is 5.71. The first-order chi connectivity index (χ1) is 12.1. The van der Waals surface area contributed by atoms with Crippen molar-refractivity contribution in [3.8, 4) is 0 Å². The number of pyridine rings is 1. The molecular weight excluding hydrogens is 323 g/mol. The summed E-state index contributed by atoms with van der Waals surface area (Å²) >= 11 is 0. The molecule has 0 unspecified atom stereocenters. The number of fused-ring (bicyclic) bond motifs is 2. The summed E-state index contributed by atoms with van der Waals surface area (Å²) in [5.41, 5.74) is 2.34. The zero-order valence-corrected chi connectivity index (χ0v) is 13.5. The van der Waals surface area contributed by atoms with E-state index in [1.165, 1.54) is 12.1 Å². The number of carbonyl (C=O) groups is 1. The topological polar surface area (TPSA) is 88.0 Å². The summed E-state index contributed by atoms with van der Waals surface area (Å²) in [7, 11) is 0. The average molecular weight is 338 g/mol. The normalized spacial score (nSPS) is 11.3. The molecular formula is C17H15FN6O. The average Bonchev–Trinajstić information content (AvgIpc) is 3.17. The summed E-state index contributed by atoms with van der Waals surface area (Å²) in [6.45, 7) is 2.22. The number of carbonyl (C=O) groups excluding carboxylic acids is 1. The molecule has 4 rings (SSSR count). The number of amides is 1. The number of aromatic amines is 1. The number of nitrogens with zero attached hydrogens (tertiary/aromatic N) is 4. The van der Waals surface area contributed by atoms with Gasteiger partial charge in [-0.3, -0.25) is 9.20 Å². The van der Waals surface area contributed by atoms with Gasteiger partial charge >= 0.3 is 0 Å². The zero-order chi connectivity index (χ0) is 17.4. The van der Waals surface area contributed by atoms with E-state index in [-0.39, 0.29) is 11.7 Å². The molecule has 25 heavy (non-hydrogen) atoms. The highest BCUT2D eigenvalue weighted by Gasteiger charge is 2.13. The van der Waals surface area contributed by atoms with E-state index in [9.17, 15) is 9.18 Å². The molecule has 0 fully saturated rings. The first-order valence-electron chi connectivity index (χ1n) is 7.84. The van der Waals surface area contributed by atoms with Gasteiger partial charge in [-0.1, -0.05) is 0 Å². The van der Waals surface area contributed by atoms with Gasteiger partial charge in [0.25, 0.3) is 5.91 Å². The molecule has 2 N–H and O–H groups in total. The van der Waals surface area contributed by atoms with E-state index in [2.05, 4.69) is 25.5 Å². The molecule has 8 heteroatoms. The van der Waals surface area contributed by atoms with Crippen LogP contribution in [0.4, 0.5) is 4.39 Å². The molecule has 0 aliphatic heterocycles. The van der Waals surface area contributed by atoms with Crippen LogP contribution < -0.4 is 5.32 Å². The Bertz CT molecular complexity index is 1080. The van der Waals surface area contributed by atoms with Crippen molar-refractivity contribution in [2.24, 2.45) is 0 Å². The number of aromatic nitrogens is 5. The maximum Gasteiger partial charge on any atom is 0.255 e. The number of nitrogens with one attached hydrogen (secondary N) is 2. The molecule has 3 aromatic heterocycles. The van der Waals surface area contributed by atoms with Crippen LogP contribution in [-0.2, 0) is 6.42 Å². The molecule has 0 atom stereocenters. The Morgan fingerprint density at radius 3 is 3.08 bits per heavy atom. The van der Waals surface area contributed by atoms with Crippen molar-refractivity contribution >= 4 is 22.6 Å². The molecule has 4 aromatic rings. The third-order valence-electron chi connectivity index (χ3n) is 3.99. The maximum atomic E-state index is 13.2. The smallest absolute Gasteiger partial charge is 0.255 e. The lowest BCUT2D eigenvalue weighted by atomic mass is 10.2. The summed E-state index contributed by atoms with van der Waals surface area (Å²) in [4.78, 5) is 19.8. The second kappa shape index (κ2) is 5.97. The Morgan fingerprint density at radius 1 is 1.32 bits per heavy atom. The van der Waals surface area contributed by atoms with Crippen LogP contribution in [0.2, 0.25) is 0 Å². The Balaban J connectivity index is 1.46. The lowest BCUT2D eigenvalue weighted by Crippen LogP contribution is -2.26. The molecule has 0 bridgehead atoms. The summed E-state index contributed by atoms with van der Waals surface area (Å²) in [5.74, 6) is 0.879. The summed E-state index contributed by atoms with van der Waals surface area (Å²) in [6.07, 6.45) is 2.33. The van der Waals surface area contributed by atoms with Gasteiger partial charge in [-0.25, -0.2) is 9.37 Å². The molecule has 0 spiro atoms. The van der Waals surface area contributed by atoms with Crippen molar-refractivity contribution in [1.82, 2.24) is 29.9 Å². The molecule has 0 aliphatic rings. The maximum absolute atomic E-state index is 13.2. The fourth-order valence-electron chi connectivity index (χ4n) is 2.75. The molecule has 1 amide bonds. The Kier molecular flexibility index (Phi) is 3.64. The van der Waals surface area contributed by atoms with Crippen LogP contribution in [0.1, 0.15) is 22.0 Å². The van der Waals surface area contributed by atoms with E-state index in [1.807, 2.05) is 13.1 Å². The quantitative estimate of drug-likeness (QED) is 0.596. The number of hydrogen-bond donors (Lipinski definition) is 2. The van der Waals surface area contributed by atoms with E-state index in [0.29, 0.717) is 41.0 Å². The number of H-pyrrole nitrogens is 1. The molecule has 0 saturated carbocycles. The Morgan fingerprint density at radius 2 is 2.20 bits per heavy atom. The van der Waals surface area contributed by atoms with Crippen LogP contribution in [0.15, 0.2) is 36.5 Å². The van der Waals surface area contributed by atoms with Gasteiger partial charge in [-0.15, -0.1) is 10.2 Å². The predicted molar refractivity (Wildman–Crippen MR) is 89.8 cm³/mol. The predicted octanol–water partition coefficient (Wildman–Crippen LogP) is 2.03. The van der Waals surface area contributed by atoms with Gasteiger partial charge in [0.05, 0.1) is 16.6 Å². The highest BCUT2D eigenvalue weighted by Crippen LogP contribution is 2.13. The minimum atomic E-state index is -0.312. The van der Waals surface area contributed by atoms with Crippen molar-refractivity contribution in [1.29, 1.82) is 0 Å². The van der Waals surface area contributed by atoms with Gasteiger partial charge in [-0.05, 0) is 37.3 Å². The van der Waals surface area contributed by atoms with Crippen LogP contribution in [0.5, 0.6) is 0 Å². The van der Waals surface area contributed by atoms with E-state index in [1.54, 1.807) is 22.6 Å². The van der Waals surface area contributed by atoms with Crippen molar-refractivity contribution in [2.45, 2.75) is 13.3 Å². The van der Waals surface area contributed by atoms with Crippen LogP contribution in [-0.4, -0.2) is 37.0 Å². The number of aryl methyl sites for hydroxylation is 1. The van der Waals surface area contributed by atoms with Crippen LogP contribution in [0, 0.1) is 12.7 Å². The van der Waals surface area contributed by atoms with Gasteiger partial charge < -0.3 is 10.3 Å². The molecule has 3 heterocycles. The third kappa shape index (κ3) is 2.82. The lowest BCUT2D eigenvalue weighted by molar-refractivity contribution is 0.0955. The van der Waals surface area contributed by atoms with Crippen molar-refractivity contribution < 1.29 is 9.18 Å². The minimum Gasteiger partial charge on any atom is -0.351 e. The van der Waals surface area contributed by atoms with Crippen molar-refractivity contribution in [3.05, 3.63) is 59.6 Å². The third-order valence-corrected chi connectivity index (χ3v) is 3.99. The summed E-state index contributed by atoms with van der Waals surface area (Å²) in [6, 6.07) is 7.89. The fourth-order valence-corrected chi connectivity index (χ4v) is 2.75. The first kappa shape index (κ1) is 15.3. The van der Waals surface area contributed by atoms with Crippen LogP contribution in [0.3, 0.4) is 0 Å². The number of imidazole rings is 1. The lowest BCUT2D eigenvalue weighted by Gasteiger charge is -2.05. The van der Waals surface area contributed by atoms with Gasteiger partial charge in [0.15, 0.2) is 5.65 Å². The number of hydrogen-bond acceptors (Lipinski definition) is 4. The highest BCUT2D eigenvalue weighted by molar-refractivity contribution is 5.99. The molecule has 126 valence electrons. The van der Waals surface area contributed by atoms with Gasteiger partial charge in [0, 0.05) is 19.2 Å². The largest absolute Gasteiger partial charge is 0.351 e. The molecule has 0 radical (unpaired) electrons. The Labute approximate surface area is 141 Å². The first-order valence-corrected chi connectivity index (χ1v) is 7.84. The fraction of sp³-hybridized carbons (Fsp3) is 0.176. The number of benzene rings is 1. The standard InChI is InChI=1S/C17H15FN6O/c1-10-22-23-16-12(3-2-8-24(10)16)17(25)19-7-6-15-20-13-5-4-11(18)9-14(13)21-15/h2-5,8-9H,6-7H2,1H3,(H,19,25)(H,20,21). The van der Waals surface area contributed by atoms with Gasteiger partial charge in [-0.2, -0.15) is 0 Å². The highest BCUT2D eigenvalue weighted by atomic mass is 19.1. The minimum absolute atomic E-state index is 0.222. The van der Waals surface area contributed by atoms with Crippen LogP contribution >= 0.6 is 0 Å². The monoisotopic (exact) mass is 338 g/mol. The molecule has 1 aromatic carbocycles. The van der Waals surface area contributed by atoms with E-state index < -0.39 is 0 Å². The van der Waals surface area contributed by atoms with Crippen LogP contribution in [0.25, 0.3) is 16.7 Å². The number of halogens is 1. The SMILES string of the molecule is Cc1nnc2c(C(=O)NCCc3nc4ccc(F)cc4[nH]3)cccn12. The van der Waals surface area contributed by atoms with Gasteiger partial charge in [0.2, 0.25) is 0 Å². The van der Waals surface area contributed by atoms with E-state index in [0.717, 1.165) is 5.82 Å². The van der Waals surface area contributed by atoms with Crippen molar-refractivity contribution in [3.63, 3.8) is 0 Å². The second-order valence-electron chi connectivity index (χ2n) is 5.71. The molecule has 0 aliphatic carbocycles. The van der Waals surface area contributed by atoms with Crippen molar-refractivity contribution in [2.75, 3.05) is 6.54 Å². The summed E-state index contributed by atoms with van der Waals surface area (Å²) in [5, 5.41) is 10.9. The van der Waals surface area contributed by atoms with Gasteiger partial charge in [0.1, 0.15) is 17.5 Å². The summed E-state index contributed by atoms with van der Waals surface area (Å²) < 4.78 is 15.0. The molecule has 7 nitrogen and oxygen atoms in total. The molecule has 0 saturated heterocycles. The number of rotatable bonds is 4.